The zero-order valence-electron chi connectivity index (χ0n) is 32.5. The molecule has 32 heteroatoms. The van der Waals surface area contributed by atoms with Crippen molar-refractivity contribution in [1.82, 2.24) is 34.6 Å². The molecule has 3 heterocycles. The number of aryl methyl sites for hydroxylation is 2. The summed E-state index contributed by atoms with van der Waals surface area (Å²) in [4.78, 5) is 24.8. The number of ether oxygens (including phenoxy) is 2. The summed E-state index contributed by atoms with van der Waals surface area (Å²) in [6, 6.07) is 8.52. The van der Waals surface area contributed by atoms with Crippen molar-refractivity contribution >= 4 is 41.0 Å². The second-order valence-corrected chi connectivity index (χ2v) is 13.1. The van der Waals surface area contributed by atoms with Crippen LogP contribution < -0.4 is 0 Å². The van der Waals surface area contributed by atoms with Crippen molar-refractivity contribution in [3.05, 3.63) is 102 Å². The molecule has 0 amide bonds. The molecule has 0 saturated carbocycles. The first kappa shape index (κ1) is 53.6. The highest BCUT2D eigenvalue weighted by Gasteiger charge is 2.65. The van der Waals surface area contributed by atoms with Gasteiger partial charge in [0.05, 0.1) is 41.6 Å². The molecular formula is C34H20Cl2F16N10O4. The Hall–Kier alpha value is -6.73. The molecule has 0 aliphatic heterocycles. The Morgan fingerprint density at radius 2 is 1.18 bits per heavy atom. The number of benzene rings is 2. The van der Waals surface area contributed by atoms with E-state index in [1.54, 1.807) is 12.1 Å². The lowest BCUT2D eigenvalue weighted by Crippen LogP contribution is -2.36. The topological polar surface area (TPSA) is 168 Å². The van der Waals surface area contributed by atoms with E-state index in [1.807, 2.05) is 4.91 Å². The third kappa shape index (κ3) is 11.2. The van der Waals surface area contributed by atoms with E-state index < -0.39 is 82.6 Å². The van der Waals surface area contributed by atoms with E-state index in [0.29, 0.717) is 27.9 Å². The Kier molecular flexibility index (Phi) is 15.8. The van der Waals surface area contributed by atoms with Crippen molar-refractivity contribution in [2.24, 2.45) is 19.2 Å². The Morgan fingerprint density at radius 1 is 0.727 bits per heavy atom. The molecule has 0 saturated heterocycles. The standard InChI is InChI=1S/C17H10ClF8N5O2.C10H7ClO2.C7H3F8N5/c1-30-13(11(16(21,22)23)12(28-30)15(19,20)17(24,25)26)31-6-10(27-29-31)7-3-4-9(18)8(5-7)14(32)33-2;1-3-7-4-5-9(11)8(6-7)10(12)13-2;1-20-4(17-19-16)2(6(10,11)12)3(18-20)5(8,9)7(13,14)15/h3-6H,1-2H3;1,4-6H,2H3;1H3. The average molecular weight is 1010 g/mol. The maximum Gasteiger partial charge on any atom is 0.459 e. The summed E-state index contributed by atoms with van der Waals surface area (Å²) in [6.07, 6.45) is -17.9. The molecule has 14 nitrogen and oxygen atoms in total. The number of terminal acetylenes is 1. The van der Waals surface area contributed by atoms with Gasteiger partial charge in [-0.15, -0.1) is 11.5 Å². The molecule has 3 aromatic heterocycles. The lowest BCUT2D eigenvalue weighted by atomic mass is 10.1. The van der Waals surface area contributed by atoms with Gasteiger partial charge in [-0.1, -0.05) is 40.4 Å². The number of halogens is 18. The van der Waals surface area contributed by atoms with Crippen LogP contribution in [0, 0.1) is 12.3 Å². The normalized spacial score (nSPS) is 12.2. The summed E-state index contributed by atoms with van der Waals surface area (Å²) in [5.41, 5.74) is -1.09. The summed E-state index contributed by atoms with van der Waals surface area (Å²) in [6.45, 7) is 0. The zero-order valence-corrected chi connectivity index (χ0v) is 34.0. The van der Waals surface area contributed by atoms with Gasteiger partial charge in [-0.3, -0.25) is 4.68 Å². The highest BCUT2D eigenvalue weighted by atomic mass is 35.5. The molecular weight excluding hydrogens is 987 g/mol. The van der Waals surface area contributed by atoms with Gasteiger partial charge in [0, 0.05) is 30.1 Å². The van der Waals surface area contributed by atoms with Crippen LogP contribution >= 0.6 is 23.2 Å². The van der Waals surface area contributed by atoms with Crippen molar-refractivity contribution in [2.45, 2.75) is 36.6 Å². The van der Waals surface area contributed by atoms with E-state index in [2.05, 4.69) is 41.0 Å². The number of alkyl halides is 16. The number of aromatic nitrogens is 7. The SMILES string of the molecule is C#Cc1ccc(Cl)c(C(=O)OC)c1.COC(=O)c1cc(-c2cn(-c3c(C(F)(F)F)c(C(F)(F)C(F)(F)F)nn3C)nn2)ccc1Cl.Cn1nc(C(F)(F)C(F)(F)F)c(C(F)(F)F)c1N=[N+]=[N-]. The number of nitrogens with zero attached hydrogens (tertiary/aromatic N) is 10. The second kappa shape index (κ2) is 19.4. The number of carbonyl (C=O) groups is 2. The quantitative estimate of drug-likeness (QED) is 0.0388. The minimum absolute atomic E-state index is 0.00245. The second-order valence-electron chi connectivity index (χ2n) is 12.2. The van der Waals surface area contributed by atoms with E-state index in [0.717, 1.165) is 20.4 Å². The van der Waals surface area contributed by atoms with E-state index in [-0.39, 0.29) is 31.2 Å². The van der Waals surface area contributed by atoms with E-state index >= 15 is 0 Å². The maximum atomic E-state index is 13.8. The monoisotopic (exact) mass is 1010 g/mol. The van der Waals surface area contributed by atoms with Crippen LogP contribution in [-0.4, -0.2) is 73.1 Å². The van der Waals surface area contributed by atoms with Crippen LogP contribution in [0.2, 0.25) is 10.0 Å². The Bertz CT molecular complexity index is 2710. The first-order chi connectivity index (χ1) is 30.1. The predicted molar refractivity (Wildman–Crippen MR) is 193 cm³/mol. The fourth-order valence-corrected chi connectivity index (χ4v) is 5.40. The van der Waals surface area contributed by atoms with Crippen LogP contribution in [0.25, 0.3) is 27.5 Å². The lowest BCUT2D eigenvalue weighted by molar-refractivity contribution is -0.292. The largest absolute Gasteiger partial charge is 0.465 e. The molecule has 356 valence electrons. The van der Waals surface area contributed by atoms with Gasteiger partial charge < -0.3 is 9.47 Å². The van der Waals surface area contributed by atoms with Crippen molar-refractivity contribution in [3.8, 4) is 29.4 Å². The molecule has 0 unspecified atom stereocenters. The molecule has 0 aliphatic carbocycles. The Balaban J connectivity index is 0.000000296. The molecule has 66 heavy (non-hydrogen) atoms. The summed E-state index contributed by atoms with van der Waals surface area (Å²) >= 11 is 11.6. The van der Waals surface area contributed by atoms with Crippen LogP contribution in [0.4, 0.5) is 76.1 Å². The van der Waals surface area contributed by atoms with Crippen molar-refractivity contribution < 1.29 is 89.3 Å². The first-order valence-corrected chi connectivity index (χ1v) is 17.3. The van der Waals surface area contributed by atoms with E-state index in [1.165, 1.54) is 31.4 Å². The van der Waals surface area contributed by atoms with Gasteiger partial charge in [0.15, 0.2) is 17.2 Å². The molecule has 0 atom stereocenters. The number of methoxy groups -OCH3 is 2. The smallest absolute Gasteiger partial charge is 0.459 e. The van der Waals surface area contributed by atoms with Crippen LogP contribution in [0.3, 0.4) is 0 Å². The van der Waals surface area contributed by atoms with Crippen molar-refractivity contribution in [3.63, 3.8) is 0 Å². The number of carbonyl (C=O) groups excluding carboxylic acids is 2. The molecule has 0 radical (unpaired) electrons. The Labute approximate surface area is 366 Å². The molecule has 5 rings (SSSR count). The lowest BCUT2D eigenvalue weighted by Gasteiger charge is -2.19. The van der Waals surface area contributed by atoms with E-state index in [4.69, 9.17) is 35.2 Å². The first-order valence-electron chi connectivity index (χ1n) is 16.5. The van der Waals surface area contributed by atoms with Gasteiger partial charge in [-0.05, 0) is 41.0 Å². The molecule has 2 aromatic carbocycles. The van der Waals surface area contributed by atoms with Gasteiger partial charge in [-0.25, -0.2) is 19.0 Å². The summed E-state index contributed by atoms with van der Waals surface area (Å²) < 4.78 is 217. The number of azide groups is 1. The minimum atomic E-state index is -6.33. The van der Waals surface area contributed by atoms with Gasteiger partial charge in [0.25, 0.3) is 0 Å². The van der Waals surface area contributed by atoms with Gasteiger partial charge in [-0.2, -0.15) is 80.4 Å². The predicted octanol–water partition coefficient (Wildman–Crippen LogP) is 10.9. The minimum Gasteiger partial charge on any atom is -0.465 e. The number of rotatable bonds is 7. The van der Waals surface area contributed by atoms with Crippen LogP contribution in [-0.2, 0) is 47.8 Å². The van der Waals surface area contributed by atoms with Gasteiger partial charge in [0.1, 0.15) is 22.6 Å². The fourth-order valence-electron chi connectivity index (χ4n) is 5.01. The number of hydrogen-bond acceptors (Lipinski definition) is 9. The summed E-state index contributed by atoms with van der Waals surface area (Å²) in [7, 11) is 3.74. The van der Waals surface area contributed by atoms with Crippen LogP contribution in [0.15, 0.2) is 47.7 Å². The summed E-state index contributed by atoms with van der Waals surface area (Å²) in [5, 5.41) is 15.1. The average Bonchev–Trinajstić information content (AvgIpc) is 3.93. The van der Waals surface area contributed by atoms with Crippen LogP contribution in [0.1, 0.15) is 48.8 Å². The highest BCUT2D eigenvalue weighted by Crippen LogP contribution is 2.51. The number of esters is 2. The Morgan fingerprint density at radius 3 is 1.62 bits per heavy atom. The van der Waals surface area contributed by atoms with Crippen LogP contribution in [0.5, 0.6) is 0 Å². The number of hydrogen-bond donors (Lipinski definition) is 0. The highest BCUT2D eigenvalue weighted by molar-refractivity contribution is 6.34. The van der Waals surface area contributed by atoms with Gasteiger partial charge >= 0.3 is 48.5 Å². The zero-order chi connectivity index (χ0) is 50.7. The molecule has 0 fully saturated rings. The maximum absolute atomic E-state index is 13.8. The third-order valence-corrected chi connectivity index (χ3v) is 8.62. The van der Waals surface area contributed by atoms with E-state index in [9.17, 15) is 79.8 Å². The molecule has 0 bridgehead atoms. The fraction of sp³-hybridized carbons (Fsp3) is 0.294. The van der Waals surface area contributed by atoms with Crippen molar-refractivity contribution in [2.75, 3.05) is 14.2 Å². The van der Waals surface area contributed by atoms with Crippen molar-refractivity contribution in [1.29, 1.82) is 0 Å². The summed E-state index contributed by atoms with van der Waals surface area (Å²) in [5.74, 6) is -13.4. The molecule has 0 spiro atoms. The van der Waals surface area contributed by atoms with Gasteiger partial charge in [0.2, 0.25) is 0 Å². The molecule has 0 aliphatic rings. The third-order valence-electron chi connectivity index (χ3n) is 7.96. The molecule has 5 aromatic rings. The molecule has 0 N–H and O–H groups in total.